The van der Waals surface area contributed by atoms with E-state index in [2.05, 4.69) is 5.32 Å². The van der Waals surface area contributed by atoms with Crippen LogP contribution in [0.1, 0.15) is 18.9 Å². The molecule has 1 N–H and O–H groups in total. The highest BCUT2D eigenvalue weighted by atomic mass is 35.5. The van der Waals surface area contributed by atoms with Crippen LogP contribution in [-0.2, 0) is 16.1 Å². The Morgan fingerprint density at radius 1 is 1.20 bits per heavy atom. The van der Waals surface area contributed by atoms with Crippen LogP contribution < -0.4 is 10.2 Å². The lowest BCUT2D eigenvalue weighted by Gasteiger charge is -2.32. The van der Waals surface area contributed by atoms with Gasteiger partial charge in [-0.3, -0.25) is 9.59 Å². The van der Waals surface area contributed by atoms with Crippen LogP contribution in [0.2, 0.25) is 5.02 Å². The summed E-state index contributed by atoms with van der Waals surface area (Å²) in [4.78, 5) is 27.7. The molecule has 25 heavy (non-hydrogen) atoms. The van der Waals surface area contributed by atoms with Crippen LogP contribution in [-0.4, -0.2) is 23.6 Å². The first kappa shape index (κ1) is 17.8. The van der Waals surface area contributed by atoms with Gasteiger partial charge in [0.25, 0.3) is 0 Å². The summed E-state index contributed by atoms with van der Waals surface area (Å²) in [6, 6.07) is 15.1. The Balaban J connectivity index is 1.71. The molecule has 0 saturated heterocycles. The molecule has 6 heteroatoms. The molecule has 130 valence electrons. The molecule has 0 aromatic heterocycles. The van der Waals surface area contributed by atoms with Crippen molar-refractivity contribution < 1.29 is 9.59 Å². The molecule has 0 spiro atoms. The number of nitrogens with zero attached hydrogens (tertiary/aromatic N) is 1. The van der Waals surface area contributed by atoms with Gasteiger partial charge in [-0.15, -0.1) is 11.8 Å². The topological polar surface area (TPSA) is 49.4 Å². The number of hydrogen-bond acceptors (Lipinski definition) is 3. The Hall–Kier alpha value is -1.98. The number of amides is 2. The second-order valence-electron chi connectivity index (χ2n) is 5.77. The average molecular weight is 375 g/mol. The van der Waals surface area contributed by atoms with Crippen molar-refractivity contribution in [1.82, 2.24) is 5.32 Å². The standard InChI is InChI=1S/C19H19ClN2O2S/c1-2-16-19(24)22(15-9-5-6-10-17(15)25-16)12-18(23)21-11-13-7-3-4-8-14(13)20/h3-10,16H,2,11-12H2,1H3,(H,21,23). The van der Waals surface area contributed by atoms with Crippen LogP contribution in [0.25, 0.3) is 0 Å². The number of fused-ring (bicyclic) bond motifs is 1. The molecule has 1 unspecified atom stereocenters. The Labute approximate surface area is 156 Å². The summed E-state index contributed by atoms with van der Waals surface area (Å²) >= 11 is 7.68. The van der Waals surface area contributed by atoms with Crippen molar-refractivity contribution in [3.8, 4) is 0 Å². The molecule has 1 heterocycles. The van der Waals surface area contributed by atoms with Crippen molar-refractivity contribution in [3.05, 3.63) is 59.1 Å². The zero-order chi connectivity index (χ0) is 17.8. The van der Waals surface area contributed by atoms with Crippen molar-refractivity contribution >= 4 is 40.9 Å². The summed E-state index contributed by atoms with van der Waals surface area (Å²) in [7, 11) is 0. The van der Waals surface area contributed by atoms with E-state index in [0.29, 0.717) is 11.6 Å². The molecule has 4 nitrogen and oxygen atoms in total. The summed E-state index contributed by atoms with van der Waals surface area (Å²) in [6.45, 7) is 2.34. The van der Waals surface area contributed by atoms with Crippen LogP contribution in [0.3, 0.4) is 0 Å². The van der Waals surface area contributed by atoms with Gasteiger partial charge in [0, 0.05) is 16.5 Å². The minimum atomic E-state index is -0.204. The second kappa shape index (κ2) is 7.93. The molecule has 0 saturated carbocycles. The lowest BCUT2D eigenvalue weighted by atomic mass is 10.2. The zero-order valence-electron chi connectivity index (χ0n) is 13.9. The van der Waals surface area contributed by atoms with E-state index in [9.17, 15) is 9.59 Å². The fourth-order valence-electron chi connectivity index (χ4n) is 2.73. The lowest BCUT2D eigenvalue weighted by Crippen LogP contribution is -2.46. The van der Waals surface area contributed by atoms with Crippen molar-refractivity contribution in [2.45, 2.75) is 30.0 Å². The third kappa shape index (κ3) is 3.99. The van der Waals surface area contributed by atoms with E-state index < -0.39 is 0 Å². The molecule has 1 aliphatic rings. The molecular formula is C19H19ClN2O2S. The van der Waals surface area contributed by atoms with E-state index >= 15 is 0 Å². The summed E-state index contributed by atoms with van der Waals surface area (Å²) < 4.78 is 0. The molecular weight excluding hydrogens is 356 g/mol. The quantitative estimate of drug-likeness (QED) is 0.864. The molecule has 1 aliphatic heterocycles. The fourth-order valence-corrected chi connectivity index (χ4v) is 4.09. The molecule has 3 rings (SSSR count). The number of thioether (sulfide) groups is 1. The van der Waals surface area contributed by atoms with E-state index in [-0.39, 0.29) is 23.6 Å². The molecule has 2 amide bonds. The van der Waals surface area contributed by atoms with Crippen molar-refractivity contribution in [2.75, 3.05) is 11.4 Å². The number of hydrogen-bond donors (Lipinski definition) is 1. The fraction of sp³-hybridized carbons (Fsp3) is 0.263. The number of rotatable bonds is 5. The van der Waals surface area contributed by atoms with Gasteiger partial charge in [0.15, 0.2) is 0 Å². The van der Waals surface area contributed by atoms with E-state index in [4.69, 9.17) is 11.6 Å². The van der Waals surface area contributed by atoms with Crippen LogP contribution in [0, 0.1) is 0 Å². The highest BCUT2D eigenvalue weighted by molar-refractivity contribution is 8.01. The van der Waals surface area contributed by atoms with Crippen LogP contribution >= 0.6 is 23.4 Å². The van der Waals surface area contributed by atoms with Crippen molar-refractivity contribution in [1.29, 1.82) is 0 Å². The first-order valence-electron chi connectivity index (χ1n) is 8.17. The minimum absolute atomic E-state index is 0.0113. The SMILES string of the molecule is CCC1Sc2ccccc2N(CC(=O)NCc2ccccc2Cl)C1=O. The molecule has 2 aromatic carbocycles. The van der Waals surface area contributed by atoms with Gasteiger partial charge in [0.1, 0.15) is 6.54 Å². The van der Waals surface area contributed by atoms with Gasteiger partial charge >= 0.3 is 0 Å². The Morgan fingerprint density at radius 3 is 2.68 bits per heavy atom. The molecule has 0 bridgehead atoms. The molecule has 1 atom stereocenters. The third-order valence-electron chi connectivity index (χ3n) is 4.07. The van der Waals surface area contributed by atoms with Gasteiger partial charge in [0.2, 0.25) is 11.8 Å². The number of carbonyl (C=O) groups is 2. The number of anilines is 1. The summed E-state index contributed by atoms with van der Waals surface area (Å²) in [6.07, 6.45) is 0.732. The Bertz CT molecular complexity index is 796. The maximum Gasteiger partial charge on any atom is 0.240 e. The lowest BCUT2D eigenvalue weighted by molar-refractivity contribution is -0.123. The van der Waals surface area contributed by atoms with E-state index in [1.807, 2.05) is 49.4 Å². The maximum atomic E-state index is 12.7. The van der Waals surface area contributed by atoms with E-state index in [1.54, 1.807) is 22.7 Å². The van der Waals surface area contributed by atoms with Crippen LogP contribution in [0.5, 0.6) is 0 Å². The first-order valence-corrected chi connectivity index (χ1v) is 9.43. The highest BCUT2D eigenvalue weighted by Gasteiger charge is 2.33. The predicted octanol–water partition coefficient (Wildman–Crippen LogP) is 3.87. The number of para-hydroxylation sites is 1. The number of benzene rings is 2. The Kier molecular flexibility index (Phi) is 5.66. The summed E-state index contributed by atoms with van der Waals surface area (Å²) in [5.74, 6) is -0.219. The van der Waals surface area contributed by atoms with Gasteiger partial charge in [-0.05, 0) is 30.2 Å². The molecule has 2 aromatic rings. The van der Waals surface area contributed by atoms with Crippen molar-refractivity contribution in [3.63, 3.8) is 0 Å². The van der Waals surface area contributed by atoms with Crippen LogP contribution in [0.4, 0.5) is 5.69 Å². The number of nitrogens with one attached hydrogen (secondary N) is 1. The smallest absolute Gasteiger partial charge is 0.240 e. The molecule has 0 fully saturated rings. The van der Waals surface area contributed by atoms with Gasteiger partial charge < -0.3 is 10.2 Å². The molecule has 0 aliphatic carbocycles. The van der Waals surface area contributed by atoms with Gasteiger partial charge in [-0.2, -0.15) is 0 Å². The predicted molar refractivity (Wildman–Crippen MR) is 102 cm³/mol. The first-order chi connectivity index (χ1) is 12.1. The van der Waals surface area contributed by atoms with Gasteiger partial charge in [-0.1, -0.05) is 48.9 Å². The highest BCUT2D eigenvalue weighted by Crippen LogP contribution is 2.39. The van der Waals surface area contributed by atoms with Crippen LogP contribution in [0.15, 0.2) is 53.4 Å². The largest absolute Gasteiger partial charge is 0.350 e. The third-order valence-corrected chi connectivity index (χ3v) is 5.86. The monoisotopic (exact) mass is 374 g/mol. The Morgan fingerprint density at radius 2 is 1.92 bits per heavy atom. The van der Waals surface area contributed by atoms with E-state index in [1.165, 1.54) is 0 Å². The number of carbonyl (C=O) groups excluding carboxylic acids is 2. The number of halogens is 1. The van der Waals surface area contributed by atoms with Gasteiger partial charge in [0.05, 0.1) is 10.9 Å². The maximum absolute atomic E-state index is 12.7. The normalized spacial score (nSPS) is 16.5. The van der Waals surface area contributed by atoms with Gasteiger partial charge in [-0.25, -0.2) is 0 Å². The average Bonchev–Trinajstić information content (AvgIpc) is 2.63. The summed E-state index contributed by atoms with van der Waals surface area (Å²) in [5.41, 5.74) is 1.65. The zero-order valence-corrected chi connectivity index (χ0v) is 15.4. The summed E-state index contributed by atoms with van der Waals surface area (Å²) in [5, 5.41) is 3.32. The van der Waals surface area contributed by atoms with Crippen molar-refractivity contribution in [2.24, 2.45) is 0 Å². The molecule has 0 radical (unpaired) electrons. The minimum Gasteiger partial charge on any atom is -0.350 e. The van der Waals surface area contributed by atoms with E-state index in [0.717, 1.165) is 22.6 Å². The second-order valence-corrected chi connectivity index (χ2v) is 7.43.